The Hall–Kier alpha value is -3.08. The maximum atomic E-state index is 13.3. The molecule has 2 aromatic rings. The van der Waals surface area contributed by atoms with Crippen molar-refractivity contribution in [3.05, 3.63) is 52.7 Å². The van der Waals surface area contributed by atoms with Gasteiger partial charge in [0.2, 0.25) is 5.91 Å². The number of carbonyl (C=O) groups is 1. The third-order valence-electron chi connectivity index (χ3n) is 4.18. The number of nitriles is 1. The van der Waals surface area contributed by atoms with E-state index in [1.165, 1.54) is 18.7 Å². The number of amides is 1. The van der Waals surface area contributed by atoms with Crippen molar-refractivity contribution >= 4 is 17.4 Å². The summed E-state index contributed by atoms with van der Waals surface area (Å²) in [6.07, 6.45) is -4.69. The quantitative estimate of drug-likeness (QED) is 0.819. The molecule has 0 aliphatic rings. The Bertz CT molecular complexity index is 919. The zero-order valence-electron chi connectivity index (χ0n) is 16.1. The average molecular weight is 390 g/mol. The molecule has 2 rings (SSSR count). The average Bonchev–Trinajstić information content (AvgIpc) is 2.61. The van der Waals surface area contributed by atoms with Gasteiger partial charge in [0.05, 0.1) is 5.56 Å². The summed E-state index contributed by atoms with van der Waals surface area (Å²) in [6, 6.07) is 8.85. The fraction of sp³-hybridized carbons (Fsp3) is 0.350. The lowest BCUT2D eigenvalue weighted by atomic mass is 10.1. The van der Waals surface area contributed by atoms with Gasteiger partial charge in [-0.1, -0.05) is 12.1 Å². The number of pyridine rings is 1. The first-order valence-electron chi connectivity index (χ1n) is 8.72. The summed E-state index contributed by atoms with van der Waals surface area (Å²) in [4.78, 5) is 18.4. The van der Waals surface area contributed by atoms with Crippen LogP contribution in [0, 0.1) is 25.2 Å². The van der Waals surface area contributed by atoms with Crippen molar-refractivity contribution in [1.29, 1.82) is 5.26 Å². The second-order valence-corrected chi connectivity index (χ2v) is 6.43. The summed E-state index contributed by atoms with van der Waals surface area (Å²) in [5, 5.41) is 11.9. The largest absolute Gasteiger partial charge is 0.417 e. The van der Waals surface area contributed by atoms with E-state index in [9.17, 15) is 23.2 Å². The molecule has 0 saturated heterocycles. The molecule has 8 heteroatoms. The molecule has 1 N–H and O–H groups in total. The first-order chi connectivity index (χ1) is 13.1. The molecule has 0 radical (unpaired) electrons. The van der Waals surface area contributed by atoms with Crippen LogP contribution in [-0.2, 0) is 11.0 Å². The van der Waals surface area contributed by atoms with E-state index in [0.29, 0.717) is 12.2 Å². The van der Waals surface area contributed by atoms with Gasteiger partial charge in [0.1, 0.15) is 23.5 Å². The number of likely N-dealkylation sites (N-methyl/N-ethyl adjacent to an activating group) is 1. The van der Waals surface area contributed by atoms with Gasteiger partial charge < -0.3 is 10.2 Å². The van der Waals surface area contributed by atoms with Crippen molar-refractivity contribution in [3.63, 3.8) is 0 Å². The normalized spacial score (nSPS) is 12.2. The van der Waals surface area contributed by atoms with Gasteiger partial charge in [-0.25, -0.2) is 4.98 Å². The van der Waals surface area contributed by atoms with Gasteiger partial charge in [0, 0.05) is 17.9 Å². The van der Waals surface area contributed by atoms with Crippen LogP contribution in [0.15, 0.2) is 30.3 Å². The molecule has 148 valence electrons. The van der Waals surface area contributed by atoms with E-state index in [4.69, 9.17) is 0 Å². The number of aryl methyl sites for hydroxylation is 2. The SMILES string of the molecule is CCN(C(=O)[C@H](C)Nc1nc(C)cc(C(F)(F)F)c1C#N)c1cccc(C)c1. The Balaban J connectivity index is 2.36. The second-order valence-electron chi connectivity index (χ2n) is 6.43. The Labute approximate surface area is 161 Å². The Morgan fingerprint density at radius 1 is 1.32 bits per heavy atom. The van der Waals surface area contributed by atoms with Gasteiger partial charge in [0.15, 0.2) is 0 Å². The molecule has 0 unspecified atom stereocenters. The van der Waals surface area contributed by atoms with E-state index in [-0.39, 0.29) is 17.4 Å². The van der Waals surface area contributed by atoms with Crippen molar-refractivity contribution in [2.75, 3.05) is 16.8 Å². The maximum Gasteiger partial charge on any atom is 0.417 e. The number of nitrogens with zero attached hydrogens (tertiary/aromatic N) is 3. The molecule has 1 aromatic carbocycles. The predicted octanol–water partition coefficient (Wildman–Crippen LogP) is 4.44. The molecule has 0 aliphatic heterocycles. The molecular weight excluding hydrogens is 369 g/mol. The number of rotatable bonds is 5. The van der Waals surface area contributed by atoms with Gasteiger partial charge in [0.25, 0.3) is 0 Å². The van der Waals surface area contributed by atoms with Gasteiger partial charge in [-0.3, -0.25) is 4.79 Å². The topological polar surface area (TPSA) is 69.0 Å². The molecule has 1 atom stereocenters. The standard InChI is InChI=1S/C20H21F3N4O/c1-5-27(15-8-6-7-12(2)9-15)19(28)14(4)26-18-16(11-24)17(20(21,22)23)10-13(3)25-18/h6-10,14H,5H2,1-4H3,(H,25,26)/t14-/m0/s1. The molecule has 1 heterocycles. The van der Waals surface area contributed by atoms with E-state index in [1.54, 1.807) is 19.1 Å². The van der Waals surface area contributed by atoms with Crippen LogP contribution in [0.25, 0.3) is 0 Å². The third kappa shape index (κ3) is 4.60. The monoisotopic (exact) mass is 390 g/mol. The highest BCUT2D eigenvalue weighted by molar-refractivity contribution is 5.98. The number of nitrogens with one attached hydrogen (secondary N) is 1. The zero-order valence-corrected chi connectivity index (χ0v) is 16.1. The van der Waals surface area contributed by atoms with Crippen molar-refractivity contribution in [1.82, 2.24) is 4.98 Å². The van der Waals surface area contributed by atoms with Crippen LogP contribution in [0.4, 0.5) is 24.7 Å². The van der Waals surface area contributed by atoms with E-state index >= 15 is 0 Å². The maximum absolute atomic E-state index is 13.3. The number of halogens is 3. The number of carbonyl (C=O) groups excluding carboxylic acids is 1. The fourth-order valence-corrected chi connectivity index (χ4v) is 2.88. The van der Waals surface area contributed by atoms with Gasteiger partial charge >= 0.3 is 6.18 Å². The number of benzene rings is 1. The van der Waals surface area contributed by atoms with Crippen LogP contribution in [-0.4, -0.2) is 23.5 Å². The lowest BCUT2D eigenvalue weighted by molar-refractivity contribution is -0.137. The Morgan fingerprint density at radius 3 is 2.54 bits per heavy atom. The number of anilines is 2. The summed E-state index contributed by atoms with van der Waals surface area (Å²) < 4.78 is 39.8. The van der Waals surface area contributed by atoms with Crippen LogP contribution in [0.3, 0.4) is 0 Å². The van der Waals surface area contributed by atoms with Crippen LogP contribution in [0.2, 0.25) is 0 Å². The molecular formula is C20H21F3N4O. The summed E-state index contributed by atoms with van der Waals surface area (Å²) in [6.45, 7) is 7.02. The molecule has 5 nitrogen and oxygen atoms in total. The molecule has 0 bridgehead atoms. The smallest absolute Gasteiger partial charge is 0.357 e. The van der Waals surface area contributed by atoms with E-state index in [2.05, 4.69) is 10.3 Å². The number of hydrogen-bond donors (Lipinski definition) is 1. The Morgan fingerprint density at radius 2 is 2.00 bits per heavy atom. The highest BCUT2D eigenvalue weighted by atomic mass is 19.4. The Kier molecular flexibility index (Phi) is 6.29. The molecule has 1 amide bonds. The minimum absolute atomic E-state index is 0.0968. The minimum Gasteiger partial charge on any atom is -0.357 e. The molecule has 0 spiro atoms. The van der Waals surface area contributed by atoms with Crippen molar-refractivity contribution < 1.29 is 18.0 Å². The van der Waals surface area contributed by atoms with Crippen molar-refractivity contribution in [2.24, 2.45) is 0 Å². The predicted molar refractivity (Wildman–Crippen MR) is 101 cm³/mol. The number of hydrogen-bond acceptors (Lipinski definition) is 4. The van der Waals surface area contributed by atoms with Crippen LogP contribution >= 0.6 is 0 Å². The third-order valence-corrected chi connectivity index (χ3v) is 4.18. The zero-order chi connectivity index (χ0) is 21.1. The molecule has 1 aromatic heterocycles. The van der Waals surface area contributed by atoms with Gasteiger partial charge in [-0.05, 0) is 51.5 Å². The summed E-state index contributed by atoms with van der Waals surface area (Å²) >= 11 is 0. The second kappa shape index (κ2) is 8.30. The van der Waals surface area contributed by atoms with Crippen LogP contribution in [0.1, 0.15) is 36.2 Å². The number of alkyl halides is 3. The fourth-order valence-electron chi connectivity index (χ4n) is 2.88. The van der Waals surface area contributed by atoms with E-state index < -0.39 is 23.3 Å². The van der Waals surface area contributed by atoms with E-state index in [1.807, 2.05) is 25.1 Å². The molecule has 28 heavy (non-hydrogen) atoms. The lowest BCUT2D eigenvalue weighted by Crippen LogP contribution is -2.42. The summed E-state index contributed by atoms with van der Waals surface area (Å²) in [5.74, 6) is -0.593. The molecule has 0 fully saturated rings. The minimum atomic E-state index is -4.69. The van der Waals surface area contributed by atoms with Gasteiger partial charge in [-0.15, -0.1) is 0 Å². The van der Waals surface area contributed by atoms with Crippen LogP contribution < -0.4 is 10.2 Å². The number of aromatic nitrogens is 1. The summed E-state index contributed by atoms with van der Waals surface area (Å²) in [5.41, 5.74) is 0.0627. The molecule has 0 aliphatic carbocycles. The first kappa shape index (κ1) is 21.2. The summed E-state index contributed by atoms with van der Waals surface area (Å²) in [7, 11) is 0. The van der Waals surface area contributed by atoms with Crippen molar-refractivity contribution in [3.8, 4) is 6.07 Å². The molecule has 0 saturated carbocycles. The highest BCUT2D eigenvalue weighted by Crippen LogP contribution is 2.34. The lowest BCUT2D eigenvalue weighted by Gasteiger charge is -2.26. The van der Waals surface area contributed by atoms with Crippen LogP contribution in [0.5, 0.6) is 0 Å². The first-order valence-corrected chi connectivity index (χ1v) is 8.72. The highest BCUT2D eigenvalue weighted by Gasteiger charge is 2.36. The van der Waals surface area contributed by atoms with E-state index in [0.717, 1.165) is 11.6 Å². The van der Waals surface area contributed by atoms with Crippen molar-refractivity contribution in [2.45, 2.75) is 39.9 Å². The van der Waals surface area contributed by atoms with Gasteiger partial charge in [-0.2, -0.15) is 18.4 Å².